The predicted octanol–water partition coefficient (Wildman–Crippen LogP) is 1.83. The Morgan fingerprint density at radius 3 is 2.52 bits per heavy atom. The molecule has 2 amide bonds. The number of nitrogens with zero attached hydrogens (tertiary/aromatic N) is 5. The number of imidazole rings is 1. The van der Waals surface area contributed by atoms with Crippen molar-refractivity contribution >= 4 is 11.8 Å². The zero-order valence-electron chi connectivity index (χ0n) is 18.3. The van der Waals surface area contributed by atoms with Crippen LogP contribution in [-0.2, 0) is 4.79 Å². The van der Waals surface area contributed by atoms with Gasteiger partial charge in [-0.25, -0.2) is 4.98 Å². The molecule has 5 rings (SSSR count). The van der Waals surface area contributed by atoms with E-state index < -0.39 is 11.6 Å². The fourth-order valence-electron chi connectivity index (χ4n) is 4.82. The van der Waals surface area contributed by atoms with Crippen molar-refractivity contribution in [3.63, 3.8) is 0 Å². The highest BCUT2D eigenvalue weighted by atomic mass is 16.5. The van der Waals surface area contributed by atoms with Crippen molar-refractivity contribution in [2.45, 2.75) is 24.5 Å². The molecule has 2 saturated heterocycles. The maximum Gasteiger partial charge on any atom is 0.272 e. The fourth-order valence-corrected chi connectivity index (χ4v) is 4.82. The number of ether oxygens (including phenoxy) is 1. The van der Waals surface area contributed by atoms with Crippen LogP contribution in [-0.4, -0.2) is 73.5 Å². The number of likely N-dealkylation sites (tertiary alicyclic amines) is 2. The zero-order valence-corrected chi connectivity index (χ0v) is 18.3. The molecule has 9 nitrogen and oxygen atoms in total. The molecular weight excluding hydrogens is 422 g/mol. The molecule has 0 aliphatic carbocycles. The van der Waals surface area contributed by atoms with Crippen LogP contribution < -0.4 is 4.74 Å². The molecule has 170 valence electrons. The SMILES string of the molecule is COc1ccc(C(O)C(=O)N2CCCC23CN(C(=O)c2cncn2-c2ccncc2)C3)cc1. The van der Waals surface area contributed by atoms with Gasteiger partial charge in [0.15, 0.2) is 6.10 Å². The lowest BCUT2D eigenvalue weighted by Gasteiger charge is -2.52. The molecule has 1 N–H and O–H groups in total. The van der Waals surface area contributed by atoms with Gasteiger partial charge in [0.1, 0.15) is 11.4 Å². The van der Waals surface area contributed by atoms with Gasteiger partial charge in [0.25, 0.3) is 11.8 Å². The molecule has 9 heteroatoms. The average Bonchev–Trinajstić information content (AvgIpc) is 3.50. The van der Waals surface area contributed by atoms with Crippen molar-refractivity contribution in [2.75, 3.05) is 26.7 Å². The van der Waals surface area contributed by atoms with Gasteiger partial charge in [-0.15, -0.1) is 0 Å². The van der Waals surface area contributed by atoms with Crippen molar-refractivity contribution in [1.82, 2.24) is 24.3 Å². The second-order valence-electron chi connectivity index (χ2n) is 8.51. The first kappa shape index (κ1) is 21.1. The second-order valence-corrected chi connectivity index (χ2v) is 8.51. The molecule has 1 atom stereocenters. The third-order valence-electron chi connectivity index (χ3n) is 6.58. The summed E-state index contributed by atoms with van der Waals surface area (Å²) in [6.07, 6.45) is 6.90. The summed E-state index contributed by atoms with van der Waals surface area (Å²) in [5.41, 5.74) is 1.37. The van der Waals surface area contributed by atoms with E-state index in [-0.39, 0.29) is 11.8 Å². The van der Waals surface area contributed by atoms with E-state index in [2.05, 4.69) is 9.97 Å². The van der Waals surface area contributed by atoms with E-state index in [1.165, 1.54) is 0 Å². The molecule has 1 aromatic carbocycles. The Labute approximate surface area is 191 Å². The average molecular weight is 447 g/mol. The van der Waals surface area contributed by atoms with E-state index in [0.717, 1.165) is 18.5 Å². The molecule has 2 aliphatic heterocycles. The Balaban J connectivity index is 1.29. The lowest BCUT2D eigenvalue weighted by molar-refractivity contribution is -0.150. The minimum absolute atomic E-state index is 0.134. The van der Waals surface area contributed by atoms with Gasteiger partial charge in [0.2, 0.25) is 0 Å². The number of hydrogen-bond donors (Lipinski definition) is 1. The Bertz CT molecular complexity index is 1160. The smallest absolute Gasteiger partial charge is 0.272 e. The van der Waals surface area contributed by atoms with E-state index in [4.69, 9.17) is 4.74 Å². The number of aromatic nitrogens is 3. The highest BCUT2D eigenvalue weighted by Gasteiger charge is 2.54. The molecule has 1 spiro atoms. The summed E-state index contributed by atoms with van der Waals surface area (Å²) >= 11 is 0. The lowest BCUT2D eigenvalue weighted by Crippen LogP contribution is -2.70. The number of methoxy groups -OCH3 is 1. The summed E-state index contributed by atoms with van der Waals surface area (Å²) in [6, 6.07) is 10.5. The Morgan fingerprint density at radius 2 is 1.82 bits per heavy atom. The highest BCUT2D eigenvalue weighted by Crippen LogP contribution is 2.40. The van der Waals surface area contributed by atoms with Crippen LogP contribution in [0.25, 0.3) is 5.69 Å². The molecule has 4 heterocycles. The summed E-state index contributed by atoms with van der Waals surface area (Å²) in [6.45, 7) is 1.45. The summed E-state index contributed by atoms with van der Waals surface area (Å²) in [5.74, 6) is 0.201. The monoisotopic (exact) mass is 447 g/mol. The standard InChI is InChI=1S/C24H25N5O4/c1-33-19-5-3-17(4-6-19)21(30)23(32)29-12-2-9-24(29)14-27(15-24)22(31)20-13-26-16-28(20)18-7-10-25-11-8-18/h3-8,10-11,13,16,21,30H,2,9,12,14-15H2,1H3. The van der Waals surface area contributed by atoms with Crippen LogP contribution in [0.2, 0.25) is 0 Å². The van der Waals surface area contributed by atoms with Crippen LogP contribution >= 0.6 is 0 Å². The van der Waals surface area contributed by atoms with Crippen LogP contribution in [0.5, 0.6) is 5.75 Å². The summed E-state index contributed by atoms with van der Waals surface area (Å²) in [5, 5.41) is 10.7. The molecule has 3 aromatic rings. The van der Waals surface area contributed by atoms with Gasteiger partial charge in [-0.2, -0.15) is 0 Å². The summed E-state index contributed by atoms with van der Waals surface area (Å²) in [7, 11) is 1.57. The van der Waals surface area contributed by atoms with Gasteiger partial charge in [0, 0.05) is 32.0 Å². The molecule has 2 fully saturated rings. The van der Waals surface area contributed by atoms with E-state index in [0.29, 0.717) is 36.6 Å². The lowest BCUT2D eigenvalue weighted by atomic mass is 9.86. The number of aliphatic hydroxyl groups excluding tert-OH is 1. The van der Waals surface area contributed by atoms with E-state index in [9.17, 15) is 14.7 Å². The highest BCUT2D eigenvalue weighted by molar-refractivity contribution is 5.94. The largest absolute Gasteiger partial charge is 0.497 e. The van der Waals surface area contributed by atoms with Crippen LogP contribution in [0.4, 0.5) is 0 Å². The first-order valence-corrected chi connectivity index (χ1v) is 10.9. The molecule has 0 saturated carbocycles. The zero-order chi connectivity index (χ0) is 23.0. The van der Waals surface area contributed by atoms with Gasteiger partial charge in [-0.1, -0.05) is 12.1 Å². The number of carbonyl (C=O) groups is 2. The molecular formula is C24H25N5O4. The number of amides is 2. The number of rotatable bonds is 5. The van der Waals surface area contributed by atoms with Gasteiger partial charge in [0.05, 0.1) is 30.9 Å². The van der Waals surface area contributed by atoms with E-state index >= 15 is 0 Å². The van der Waals surface area contributed by atoms with Gasteiger partial charge in [-0.05, 0) is 42.7 Å². The molecule has 0 bridgehead atoms. The van der Waals surface area contributed by atoms with Gasteiger partial charge < -0.3 is 19.6 Å². The van der Waals surface area contributed by atoms with E-state index in [1.807, 2.05) is 12.1 Å². The van der Waals surface area contributed by atoms with Crippen LogP contribution in [0, 0.1) is 0 Å². The van der Waals surface area contributed by atoms with Crippen LogP contribution in [0.1, 0.15) is 35.0 Å². The summed E-state index contributed by atoms with van der Waals surface area (Å²) in [4.78, 5) is 38.0. The van der Waals surface area contributed by atoms with Crippen molar-refractivity contribution in [1.29, 1.82) is 0 Å². The van der Waals surface area contributed by atoms with Gasteiger partial charge >= 0.3 is 0 Å². The maximum absolute atomic E-state index is 13.2. The first-order valence-electron chi connectivity index (χ1n) is 10.9. The van der Waals surface area contributed by atoms with Crippen LogP contribution in [0.15, 0.2) is 61.3 Å². The normalized spacial score (nSPS) is 17.6. The summed E-state index contributed by atoms with van der Waals surface area (Å²) < 4.78 is 6.88. The second kappa shape index (κ2) is 8.32. The Morgan fingerprint density at radius 1 is 1.09 bits per heavy atom. The van der Waals surface area contributed by atoms with Crippen molar-refractivity contribution < 1.29 is 19.4 Å². The Kier molecular flexibility index (Phi) is 5.33. The number of carbonyl (C=O) groups excluding carboxylic acids is 2. The fraction of sp³-hybridized carbons (Fsp3) is 0.333. The minimum Gasteiger partial charge on any atom is -0.497 e. The minimum atomic E-state index is -1.25. The third kappa shape index (κ3) is 3.64. The molecule has 2 aliphatic rings. The van der Waals surface area contributed by atoms with Gasteiger partial charge in [-0.3, -0.25) is 19.1 Å². The van der Waals surface area contributed by atoms with Crippen LogP contribution in [0.3, 0.4) is 0 Å². The predicted molar refractivity (Wildman–Crippen MR) is 119 cm³/mol. The number of pyridine rings is 1. The third-order valence-corrected chi connectivity index (χ3v) is 6.58. The number of hydrogen-bond acceptors (Lipinski definition) is 6. The van der Waals surface area contributed by atoms with Crippen molar-refractivity contribution in [2.24, 2.45) is 0 Å². The van der Waals surface area contributed by atoms with Crippen molar-refractivity contribution in [3.05, 3.63) is 72.6 Å². The quantitative estimate of drug-likeness (QED) is 0.641. The molecule has 0 radical (unpaired) electrons. The first-order chi connectivity index (χ1) is 16.0. The molecule has 33 heavy (non-hydrogen) atoms. The Hall–Kier alpha value is -3.72. The molecule has 1 unspecified atom stereocenters. The number of benzene rings is 1. The molecule has 2 aromatic heterocycles. The number of aliphatic hydroxyl groups is 1. The van der Waals surface area contributed by atoms with E-state index in [1.54, 1.807) is 70.7 Å². The maximum atomic E-state index is 13.2. The topological polar surface area (TPSA) is 101 Å². The van der Waals surface area contributed by atoms with Crippen molar-refractivity contribution in [3.8, 4) is 11.4 Å².